The molecule has 0 amide bonds. The van der Waals surface area contributed by atoms with Gasteiger partial charge in [-0.2, -0.15) is 0 Å². The van der Waals surface area contributed by atoms with Gasteiger partial charge >= 0.3 is 5.97 Å². The predicted molar refractivity (Wildman–Crippen MR) is 76.8 cm³/mol. The Labute approximate surface area is 117 Å². The van der Waals surface area contributed by atoms with Crippen molar-refractivity contribution in [2.75, 3.05) is 6.61 Å². The van der Waals surface area contributed by atoms with Crippen LogP contribution in [0, 0.1) is 5.82 Å². The van der Waals surface area contributed by atoms with Crippen molar-refractivity contribution in [2.45, 2.75) is 32.1 Å². The summed E-state index contributed by atoms with van der Waals surface area (Å²) in [5, 5.41) is 0. The van der Waals surface area contributed by atoms with Gasteiger partial charge in [0.2, 0.25) is 0 Å². The third-order valence-corrected chi connectivity index (χ3v) is 5.57. The molecular formula is C13H18BrFO2Si. The van der Waals surface area contributed by atoms with E-state index in [9.17, 15) is 9.18 Å². The van der Waals surface area contributed by atoms with Crippen molar-refractivity contribution in [2.24, 2.45) is 0 Å². The van der Waals surface area contributed by atoms with E-state index in [0.717, 1.165) is 0 Å². The standard InChI is InChI=1S/C13H18BrFO2Si/c1-5-17-13(16)12(18(2,3)4)9-7-6-8-10(14)11(9)15/h6-8,12H,5H2,1-4H3. The number of hydrogen-bond acceptors (Lipinski definition) is 2. The molecule has 18 heavy (non-hydrogen) atoms. The maximum absolute atomic E-state index is 14.2. The smallest absolute Gasteiger partial charge is 0.310 e. The lowest BCUT2D eigenvalue weighted by Crippen LogP contribution is -2.38. The second-order valence-electron chi connectivity index (χ2n) is 5.19. The zero-order valence-electron chi connectivity index (χ0n) is 11.1. The van der Waals surface area contributed by atoms with Gasteiger partial charge in [-0.3, -0.25) is 4.79 Å². The van der Waals surface area contributed by atoms with Crippen LogP contribution in [-0.4, -0.2) is 20.7 Å². The number of esters is 1. The first-order valence-corrected chi connectivity index (χ1v) is 10.3. The SMILES string of the molecule is CCOC(=O)C(c1cccc(Br)c1F)[Si](C)(C)C. The van der Waals surface area contributed by atoms with Crippen LogP contribution in [-0.2, 0) is 9.53 Å². The normalized spacial score (nSPS) is 13.2. The number of benzene rings is 1. The summed E-state index contributed by atoms with van der Waals surface area (Å²) < 4.78 is 19.6. The molecule has 0 saturated heterocycles. The molecule has 0 saturated carbocycles. The molecule has 0 aliphatic heterocycles. The Balaban J connectivity index is 3.27. The maximum Gasteiger partial charge on any atom is 0.310 e. The lowest BCUT2D eigenvalue weighted by molar-refractivity contribution is -0.143. The number of carbonyl (C=O) groups excluding carboxylic acids is 1. The molecule has 1 aromatic carbocycles. The van der Waals surface area contributed by atoms with Gasteiger partial charge in [-0.1, -0.05) is 31.8 Å². The molecule has 0 N–H and O–H groups in total. The van der Waals surface area contributed by atoms with Crippen molar-refractivity contribution in [1.82, 2.24) is 0 Å². The molecule has 1 atom stereocenters. The van der Waals surface area contributed by atoms with Crippen molar-refractivity contribution in [3.8, 4) is 0 Å². The van der Waals surface area contributed by atoms with Gasteiger partial charge in [-0.15, -0.1) is 0 Å². The molecule has 0 aliphatic rings. The van der Waals surface area contributed by atoms with Gasteiger partial charge < -0.3 is 4.74 Å². The zero-order chi connectivity index (χ0) is 13.9. The second kappa shape index (κ2) is 5.97. The molecule has 0 spiro atoms. The Morgan fingerprint density at radius 2 is 2.06 bits per heavy atom. The van der Waals surface area contributed by atoms with Crippen LogP contribution in [0.25, 0.3) is 0 Å². The average molecular weight is 333 g/mol. The summed E-state index contributed by atoms with van der Waals surface area (Å²) >= 11 is 3.16. The monoisotopic (exact) mass is 332 g/mol. The van der Waals surface area contributed by atoms with E-state index in [1.165, 1.54) is 0 Å². The minimum Gasteiger partial charge on any atom is -0.466 e. The summed E-state index contributed by atoms with van der Waals surface area (Å²) in [4.78, 5) is 12.1. The van der Waals surface area contributed by atoms with Gasteiger partial charge in [0.15, 0.2) is 0 Å². The highest BCUT2D eigenvalue weighted by molar-refractivity contribution is 9.10. The van der Waals surface area contributed by atoms with E-state index in [1.54, 1.807) is 25.1 Å². The molecule has 1 rings (SSSR count). The van der Waals surface area contributed by atoms with E-state index in [-0.39, 0.29) is 11.8 Å². The van der Waals surface area contributed by atoms with E-state index in [1.807, 2.05) is 19.6 Å². The van der Waals surface area contributed by atoms with Crippen LogP contribution in [0.3, 0.4) is 0 Å². The summed E-state index contributed by atoms with van der Waals surface area (Å²) in [6.07, 6.45) is 0. The Morgan fingerprint density at radius 1 is 1.44 bits per heavy atom. The van der Waals surface area contributed by atoms with Crippen LogP contribution >= 0.6 is 15.9 Å². The number of carbonyl (C=O) groups is 1. The predicted octanol–water partition coefficient (Wildman–Crippen LogP) is 4.11. The van der Waals surface area contributed by atoms with E-state index < -0.39 is 13.6 Å². The summed E-state index contributed by atoms with van der Waals surface area (Å²) in [5.41, 5.74) is -0.0445. The lowest BCUT2D eigenvalue weighted by Gasteiger charge is -2.27. The van der Waals surface area contributed by atoms with Gasteiger partial charge in [-0.25, -0.2) is 4.39 Å². The van der Waals surface area contributed by atoms with Gasteiger partial charge in [0.05, 0.1) is 24.7 Å². The zero-order valence-corrected chi connectivity index (χ0v) is 13.7. The molecule has 5 heteroatoms. The first-order chi connectivity index (χ1) is 8.29. The van der Waals surface area contributed by atoms with E-state index in [2.05, 4.69) is 15.9 Å². The van der Waals surface area contributed by atoms with Crippen molar-refractivity contribution in [1.29, 1.82) is 0 Å². The summed E-state index contributed by atoms with van der Waals surface area (Å²) in [5.74, 6) is -0.688. The van der Waals surface area contributed by atoms with Crippen molar-refractivity contribution < 1.29 is 13.9 Å². The van der Waals surface area contributed by atoms with Crippen molar-refractivity contribution in [3.63, 3.8) is 0 Å². The fraction of sp³-hybridized carbons (Fsp3) is 0.462. The Hall–Kier alpha value is -0.683. The molecule has 0 aromatic heterocycles. The van der Waals surface area contributed by atoms with Gasteiger partial charge in [0.1, 0.15) is 5.82 Å². The van der Waals surface area contributed by atoms with Gasteiger partial charge in [0.25, 0.3) is 0 Å². The summed E-state index contributed by atoms with van der Waals surface area (Å²) in [6.45, 7) is 8.19. The third kappa shape index (κ3) is 3.42. The molecule has 2 nitrogen and oxygen atoms in total. The molecule has 1 unspecified atom stereocenters. The van der Waals surface area contributed by atoms with E-state index in [0.29, 0.717) is 16.6 Å². The fourth-order valence-corrected chi connectivity index (χ4v) is 4.24. The Bertz CT molecular complexity index is 443. The highest BCUT2D eigenvalue weighted by Crippen LogP contribution is 2.32. The van der Waals surface area contributed by atoms with Crippen LogP contribution in [0.2, 0.25) is 19.6 Å². The number of ether oxygens (including phenoxy) is 1. The van der Waals surface area contributed by atoms with Crippen molar-refractivity contribution in [3.05, 3.63) is 34.1 Å². The largest absolute Gasteiger partial charge is 0.466 e. The summed E-state index contributed by atoms with van der Waals surface area (Å²) in [6, 6.07) is 5.04. The fourth-order valence-electron chi connectivity index (χ4n) is 1.92. The maximum atomic E-state index is 14.2. The number of hydrogen-bond donors (Lipinski definition) is 0. The highest BCUT2D eigenvalue weighted by atomic mass is 79.9. The highest BCUT2D eigenvalue weighted by Gasteiger charge is 2.37. The molecule has 0 aliphatic carbocycles. The Morgan fingerprint density at radius 3 is 2.56 bits per heavy atom. The van der Waals surface area contributed by atoms with Gasteiger partial charge in [-0.05, 0) is 28.9 Å². The lowest BCUT2D eigenvalue weighted by atomic mass is 10.1. The van der Waals surface area contributed by atoms with Crippen LogP contribution in [0.5, 0.6) is 0 Å². The first-order valence-electron chi connectivity index (χ1n) is 5.89. The molecule has 0 fully saturated rings. The van der Waals surface area contributed by atoms with Gasteiger partial charge in [0, 0.05) is 5.56 Å². The minimum atomic E-state index is -1.92. The molecule has 0 heterocycles. The third-order valence-electron chi connectivity index (χ3n) is 2.68. The molecule has 1 aromatic rings. The first kappa shape index (κ1) is 15.4. The average Bonchev–Trinajstić information content (AvgIpc) is 2.23. The molecular weight excluding hydrogens is 315 g/mol. The Kier molecular flexibility index (Phi) is 5.10. The van der Waals surface area contributed by atoms with Crippen LogP contribution in [0.1, 0.15) is 18.0 Å². The number of halogens is 2. The molecule has 0 radical (unpaired) electrons. The number of rotatable bonds is 4. The van der Waals surface area contributed by atoms with E-state index >= 15 is 0 Å². The summed E-state index contributed by atoms with van der Waals surface area (Å²) in [7, 11) is -1.92. The van der Waals surface area contributed by atoms with Crippen LogP contribution < -0.4 is 0 Å². The van der Waals surface area contributed by atoms with Crippen molar-refractivity contribution >= 4 is 30.0 Å². The quantitative estimate of drug-likeness (QED) is 0.612. The van der Waals surface area contributed by atoms with Crippen LogP contribution in [0.15, 0.2) is 22.7 Å². The van der Waals surface area contributed by atoms with Crippen LogP contribution in [0.4, 0.5) is 4.39 Å². The minimum absolute atomic E-state index is 0.315. The van der Waals surface area contributed by atoms with E-state index in [4.69, 9.17) is 4.74 Å². The topological polar surface area (TPSA) is 26.3 Å². The molecule has 0 bridgehead atoms. The molecule has 100 valence electrons. The second-order valence-corrected chi connectivity index (χ2v) is 11.4.